The highest BCUT2D eigenvalue weighted by Gasteiger charge is 2.21. The highest BCUT2D eigenvalue weighted by Crippen LogP contribution is 2.39. The second-order valence-corrected chi connectivity index (χ2v) is 4.50. The van der Waals surface area contributed by atoms with Crippen molar-refractivity contribution in [3.8, 4) is 11.5 Å². The van der Waals surface area contributed by atoms with Gasteiger partial charge in [0.15, 0.2) is 11.5 Å². The van der Waals surface area contributed by atoms with E-state index in [-0.39, 0.29) is 13.4 Å². The smallest absolute Gasteiger partial charge is 0.338 e. The summed E-state index contributed by atoms with van der Waals surface area (Å²) in [6.07, 6.45) is 1.64. The van der Waals surface area contributed by atoms with E-state index in [2.05, 4.69) is 4.98 Å². The maximum absolute atomic E-state index is 12.0. The van der Waals surface area contributed by atoms with Crippen molar-refractivity contribution in [2.75, 3.05) is 6.79 Å². The highest BCUT2D eigenvalue weighted by atomic mass is 35.5. The number of esters is 1. The number of hydrogen-bond acceptors (Lipinski definition) is 5. The third kappa shape index (κ3) is 2.53. The zero-order chi connectivity index (χ0) is 13.9. The van der Waals surface area contributed by atoms with Crippen LogP contribution in [0.5, 0.6) is 11.5 Å². The van der Waals surface area contributed by atoms with E-state index in [0.717, 1.165) is 0 Å². The number of nitrogens with zero attached hydrogens (tertiary/aromatic N) is 1. The standard InChI is InChI=1S/C14H10ClNO4/c15-11-5-9(6-12-13(11)20-8-19-12)14(17)18-7-10-3-1-2-4-16-10/h1-6H,7-8H2. The summed E-state index contributed by atoms with van der Waals surface area (Å²) < 4.78 is 15.6. The second kappa shape index (κ2) is 5.38. The van der Waals surface area contributed by atoms with Crippen molar-refractivity contribution in [3.05, 3.63) is 52.8 Å². The maximum atomic E-state index is 12.0. The maximum Gasteiger partial charge on any atom is 0.338 e. The Morgan fingerprint density at radius 3 is 3.05 bits per heavy atom. The van der Waals surface area contributed by atoms with Crippen LogP contribution in [0.25, 0.3) is 0 Å². The lowest BCUT2D eigenvalue weighted by Crippen LogP contribution is -2.06. The molecule has 20 heavy (non-hydrogen) atoms. The van der Waals surface area contributed by atoms with Crippen molar-refractivity contribution in [2.45, 2.75) is 6.61 Å². The average Bonchev–Trinajstić information content (AvgIpc) is 2.95. The van der Waals surface area contributed by atoms with E-state index in [9.17, 15) is 4.79 Å². The minimum Gasteiger partial charge on any atom is -0.456 e. The first-order valence-electron chi connectivity index (χ1n) is 5.90. The van der Waals surface area contributed by atoms with Gasteiger partial charge in [-0.25, -0.2) is 4.79 Å². The summed E-state index contributed by atoms with van der Waals surface area (Å²) >= 11 is 6.01. The molecule has 0 radical (unpaired) electrons. The molecule has 102 valence electrons. The predicted molar refractivity (Wildman–Crippen MR) is 70.9 cm³/mol. The van der Waals surface area contributed by atoms with E-state index in [1.165, 1.54) is 6.07 Å². The van der Waals surface area contributed by atoms with Crippen LogP contribution in [0.4, 0.5) is 0 Å². The molecule has 2 heterocycles. The number of pyridine rings is 1. The van der Waals surface area contributed by atoms with E-state index in [4.69, 9.17) is 25.8 Å². The molecule has 5 nitrogen and oxygen atoms in total. The first-order valence-corrected chi connectivity index (χ1v) is 6.28. The van der Waals surface area contributed by atoms with E-state index in [1.807, 2.05) is 6.07 Å². The number of rotatable bonds is 3. The molecule has 6 heteroatoms. The molecule has 0 saturated carbocycles. The Balaban J connectivity index is 1.73. The van der Waals surface area contributed by atoms with Crippen LogP contribution in [0.3, 0.4) is 0 Å². The van der Waals surface area contributed by atoms with Crippen molar-refractivity contribution in [2.24, 2.45) is 0 Å². The Labute approximate surface area is 120 Å². The van der Waals surface area contributed by atoms with Gasteiger partial charge >= 0.3 is 5.97 Å². The fraction of sp³-hybridized carbons (Fsp3) is 0.143. The number of aromatic nitrogens is 1. The zero-order valence-corrected chi connectivity index (χ0v) is 11.1. The number of carbonyl (C=O) groups is 1. The summed E-state index contributed by atoms with van der Waals surface area (Å²) in [5.41, 5.74) is 0.989. The van der Waals surface area contributed by atoms with Gasteiger partial charge in [-0.2, -0.15) is 0 Å². The lowest BCUT2D eigenvalue weighted by atomic mass is 10.2. The van der Waals surface area contributed by atoms with Crippen molar-refractivity contribution in [1.29, 1.82) is 0 Å². The summed E-state index contributed by atoms with van der Waals surface area (Å²) in [4.78, 5) is 16.0. The van der Waals surface area contributed by atoms with Crippen LogP contribution >= 0.6 is 11.6 Å². The van der Waals surface area contributed by atoms with Crippen LogP contribution in [0, 0.1) is 0 Å². The van der Waals surface area contributed by atoms with Gasteiger partial charge < -0.3 is 14.2 Å². The van der Waals surface area contributed by atoms with Crippen molar-refractivity contribution in [1.82, 2.24) is 4.98 Å². The second-order valence-electron chi connectivity index (χ2n) is 4.09. The summed E-state index contributed by atoms with van der Waals surface area (Å²) in [6, 6.07) is 8.45. The predicted octanol–water partition coefficient (Wildman–Crippen LogP) is 2.82. The van der Waals surface area contributed by atoms with Gasteiger partial charge in [-0.15, -0.1) is 0 Å². The molecule has 0 saturated heterocycles. The van der Waals surface area contributed by atoms with E-state index in [1.54, 1.807) is 24.4 Å². The fourth-order valence-corrected chi connectivity index (χ4v) is 2.06. The van der Waals surface area contributed by atoms with Gasteiger partial charge in [0.25, 0.3) is 0 Å². The molecule has 0 aliphatic carbocycles. The number of ether oxygens (including phenoxy) is 3. The largest absolute Gasteiger partial charge is 0.456 e. The number of halogens is 1. The molecular weight excluding hydrogens is 282 g/mol. The Bertz CT molecular complexity index is 645. The van der Waals surface area contributed by atoms with Gasteiger partial charge in [-0.1, -0.05) is 17.7 Å². The van der Waals surface area contributed by atoms with E-state index < -0.39 is 5.97 Å². The molecule has 1 aliphatic rings. The molecule has 3 rings (SSSR count). The molecule has 0 atom stereocenters. The molecule has 1 aromatic carbocycles. The van der Waals surface area contributed by atoms with Crippen LogP contribution in [-0.4, -0.2) is 17.7 Å². The Hall–Kier alpha value is -2.27. The highest BCUT2D eigenvalue weighted by molar-refractivity contribution is 6.32. The number of hydrogen-bond donors (Lipinski definition) is 0. The zero-order valence-electron chi connectivity index (χ0n) is 10.3. The topological polar surface area (TPSA) is 57.7 Å². The summed E-state index contributed by atoms with van der Waals surface area (Å²) in [5, 5.41) is 0.324. The molecule has 2 aromatic rings. The van der Waals surface area contributed by atoms with Crippen LogP contribution in [0.15, 0.2) is 36.5 Å². The minimum atomic E-state index is -0.490. The van der Waals surface area contributed by atoms with Crippen LogP contribution in [-0.2, 0) is 11.3 Å². The SMILES string of the molecule is O=C(OCc1ccccn1)c1cc(Cl)c2c(c1)OCO2. The molecule has 0 N–H and O–H groups in total. The van der Waals surface area contributed by atoms with Gasteiger partial charge in [-0.3, -0.25) is 4.98 Å². The first-order chi connectivity index (χ1) is 9.74. The summed E-state index contributed by atoms with van der Waals surface area (Å²) in [6.45, 7) is 0.202. The van der Waals surface area contributed by atoms with Gasteiger partial charge in [0.05, 0.1) is 16.3 Å². The van der Waals surface area contributed by atoms with E-state index in [0.29, 0.717) is 27.8 Å². The number of benzene rings is 1. The minimum absolute atomic E-state index is 0.0987. The lowest BCUT2D eigenvalue weighted by Gasteiger charge is -2.06. The monoisotopic (exact) mass is 291 g/mol. The van der Waals surface area contributed by atoms with Crippen LogP contribution in [0.2, 0.25) is 5.02 Å². The Morgan fingerprint density at radius 1 is 1.35 bits per heavy atom. The van der Waals surface area contributed by atoms with Gasteiger partial charge in [0, 0.05) is 6.20 Å². The lowest BCUT2D eigenvalue weighted by molar-refractivity contribution is 0.0467. The third-order valence-electron chi connectivity index (χ3n) is 2.74. The van der Waals surface area contributed by atoms with E-state index >= 15 is 0 Å². The average molecular weight is 292 g/mol. The quantitative estimate of drug-likeness (QED) is 0.814. The van der Waals surface area contributed by atoms with Crippen LogP contribution < -0.4 is 9.47 Å². The van der Waals surface area contributed by atoms with Crippen molar-refractivity contribution < 1.29 is 19.0 Å². The number of carbonyl (C=O) groups excluding carboxylic acids is 1. The first kappa shape index (κ1) is 12.7. The normalized spacial score (nSPS) is 12.2. The van der Waals surface area contributed by atoms with Gasteiger partial charge in [0.1, 0.15) is 6.61 Å². The molecule has 1 aromatic heterocycles. The Kier molecular flexibility index (Phi) is 3.43. The Morgan fingerprint density at radius 2 is 2.25 bits per heavy atom. The fourth-order valence-electron chi connectivity index (χ4n) is 1.79. The number of fused-ring (bicyclic) bond motifs is 1. The van der Waals surface area contributed by atoms with Gasteiger partial charge in [-0.05, 0) is 24.3 Å². The molecule has 0 amide bonds. The molecule has 1 aliphatic heterocycles. The third-order valence-corrected chi connectivity index (χ3v) is 3.02. The van der Waals surface area contributed by atoms with Crippen molar-refractivity contribution in [3.63, 3.8) is 0 Å². The van der Waals surface area contributed by atoms with Gasteiger partial charge in [0.2, 0.25) is 6.79 Å². The molecule has 0 unspecified atom stereocenters. The molecule has 0 spiro atoms. The summed E-state index contributed by atoms with van der Waals surface area (Å²) in [7, 11) is 0. The molecule has 0 fully saturated rings. The molecule has 0 bridgehead atoms. The van der Waals surface area contributed by atoms with Crippen LogP contribution in [0.1, 0.15) is 16.1 Å². The summed E-state index contributed by atoms with van der Waals surface area (Å²) in [5.74, 6) is 0.408. The molecular formula is C14H10ClNO4. The van der Waals surface area contributed by atoms with Crippen molar-refractivity contribution >= 4 is 17.6 Å².